The Labute approximate surface area is 129 Å². The molecule has 116 valence electrons. The van der Waals surface area contributed by atoms with Crippen LogP contribution in [0.25, 0.3) is 0 Å². The van der Waals surface area contributed by atoms with Crippen LogP contribution in [0.1, 0.15) is 30.4 Å². The van der Waals surface area contributed by atoms with Crippen LogP contribution in [0.5, 0.6) is 0 Å². The van der Waals surface area contributed by atoms with E-state index >= 15 is 0 Å². The molecule has 2 aromatic rings. The van der Waals surface area contributed by atoms with Crippen LogP contribution in [0.3, 0.4) is 0 Å². The van der Waals surface area contributed by atoms with Gasteiger partial charge in [0.2, 0.25) is 0 Å². The number of anilines is 1. The fraction of sp³-hybridized carbons (Fsp3) is 0.467. The smallest absolute Gasteiger partial charge is 0.272 e. The van der Waals surface area contributed by atoms with Crippen molar-refractivity contribution in [3.63, 3.8) is 0 Å². The van der Waals surface area contributed by atoms with Gasteiger partial charge in [0, 0.05) is 38.4 Å². The topological polar surface area (TPSA) is 67.2 Å². The van der Waals surface area contributed by atoms with Gasteiger partial charge in [-0.1, -0.05) is 0 Å². The second-order valence-electron chi connectivity index (χ2n) is 5.63. The lowest BCUT2D eigenvalue weighted by Crippen LogP contribution is -2.49. The molecule has 0 saturated carbocycles. The lowest BCUT2D eigenvalue weighted by molar-refractivity contribution is 0.0732. The highest BCUT2D eigenvalue weighted by molar-refractivity contribution is 5.92. The van der Waals surface area contributed by atoms with Crippen molar-refractivity contribution in [2.24, 2.45) is 0 Å². The van der Waals surface area contributed by atoms with Gasteiger partial charge < -0.3 is 9.80 Å². The second kappa shape index (κ2) is 6.13. The van der Waals surface area contributed by atoms with Crippen LogP contribution in [0, 0.1) is 0 Å². The van der Waals surface area contributed by atoms with E-state index in [-0.39, 0.29) is 11.9 Å². The molecule has 22 heavy (non-hydrogen) atoms. The van der Waals surface area contributed by atoms with Gasteiger partial charge in [0.15, 0.2) is 0 Å². The summed E-state index contributed by atoms with van der Waals surface area (Å²) in [5, 5.41) is 11.9. The highest BCUT2D eigenvalue weighted by atomic mass is 16.2. The molecule has 3 heterocycles. The van der Waals surface area contributed by atoms with Crippen LogP contribution in [0.2, 0.25) is 0 Å². The number of carbonyl (C=O) groups excluding carboxylic acids is 1. The Morgan fingerprint density at radius 3 is 2.50 bits per heavy atom. The molecule has 0 atom stereocenters. The summed E-state index contributed by atoms with van der Waals surface area (Å²) >= 11 is 0. The number of hydrogen-bond acceptors (Lipinski definition) is 5. The predicted molar refractivity (Wildman–Crippen MR) is 82.8 cm³/mol. The summed E-state index contributed by atoms with van der Waals surface area (Å²) in [5.41, 5.74) is 1.71. The summed E-state index contributed by atoms with van der Waals surface area (Å²) in [6, 6.07) is 3.91. The Kier molecular flexibility index (Phi) is 4.04. The molecule has 1 aliphatic rings. The molecule has 0 aliphatic carbocycles. The van der Waals surface area contributed by atoms with Gasteiger partial charge in [-0.3, -0.25) is 9.48 Å². The van der Waals surface area contributed by atoms with E-state index < -0.39 is 0 Å². The number of nitrogens with zero attached hydrogens (tertiary/aromatic N) is 6. The minimum Gasteiger partial charge on any atom is -0.367 e. The highest BCUT2D eigenvalue weighted by Crippen LogP contribution is 2.16. The van der Waals surface area contributed by atoms with E-state index in [9.17, 15) is 4.79 Å². The van der Waals surface area contributed by atoms with Crippen LogP contribution in [0.4, 0.5) is 5.69 Å². The third-order valence-electron chi connectivity index (χ3n) is 3.88. The molecule has 7 nitrogen and oxygen atoms in total. The molecule has 1 amide bonds. The Balaban J connectivity index is 1.66. The molecule has 0 N–H and O–H groups in total. The van der Waals surface area contributed by atoms with Crippen molar-refractivity contribution in [1.82, 2.24) is 24.9 Å². The monoisotopic (exact) mass is 300 g/mol. The maximum atomic E-state index is 12.7. The number of amides is 1. The van der Waals surface area contributed by atoms with E-state index in [2.05, 4.69) is 20.2 Å². The van der Waals surface area contributed by atoms with Crippen LogP contribution in [-0.2, 0) is 0 Å². The third kappa shape index (κ3) is 2.79. The number of piperazine rings is 1. The Morgan fingerprint density at radius 1 is 1.09 bits per heavy atom. The molecular weight excluding hydrogens is 280 g/mol. The molecule has 0 bridgehead atoms. The molecule has 1 saturated heterocycles. The van der Waals surface area contributed by atoms with Crippen LogP contribution >= 0.6 is 0 Å². The molecule has 0 aromatic carbocycles. The fourth-order valence-corrected chi connectivity index (χ4v) is 2.70. The fourth-order valence-electron chi connectivity index (χ4n) is 2.70. The van der Waals surface area contributed by atoms with Crippen molar-refractivity contribution >= 4 is 11.6 Å². The van der Waals surface area contributed by atoms with Gasteiger partial charge >= 0.3 is 0 Å². The molecule has 7 heteroatoms. The molecule has 3 rings (SSSR count). The van der Waals surface area contributed by atoms with E-state index in [1.165, 1.54) is 0 Å². The molecule has 0 spiro atoms. The van der Waals surface area contributed by atoms with Gasteiger partial charge in [0.1, 0.15) is 5.69 Å². The minimum absolute atomic E-state index is 0.0544. The number of rotatable bonds is 3. The number of aromatic nitrogens is 4. The average molecular weight is 300 g/mol. The average Bonchev–Trinajstić information content (AvgIpc) is 3.05. The maximum Gasteiger partial charge on any atom is 0.272 e. The van der Waals surface area contributed by atoms with E-state index in [0.29, 0.717) is 18.8 Å². The van der Waals surface area contributed by atoms with Crippen molar-refractivity contribution < 1.29 is 4.79 Å². The van der Waals surface area contributed by atoms with Gasteiger partial charge in [0.05, 0.1) is 18.1 Å². The highest BCUT2D eigenvalue weighted by Gasteiger charge is 2.25. The molecule has 0 radical (unpaired) electrons. The lowest BCUT2D eigenvalue weighted by Gasteiger charge is -2.35. The van der Waals surface area contributed by atoms with Gasteiger partial charge in [-0.05, 0) is 26.0 Å². The Morgan fingerprint density at radius 2 is 1.86 bits per heavy atom. The van der Waals surface area contributed by atoms with Crippen LogP contribution in [0.15, 0.2) is 30.7 Å². The number of hydrogen-bond donors (Lipinski definition) is 0. The number of carbonyl (C=O) groups is 1. The lowest BCUT2D eigenvalue weighted by atomic mass is 10.2. The summed E-state index contributed by atoms with van der Waals surface area (Å²) in [7, 11) is 0. The second-order valence-corrected chi connectivity index (χ2v) is 5.63. The van der Waals surface area contributed by atoms with Gasteiger partial charge in [-0.25, -0.2) is 0 Å². The first kappa shape index (κ1) is 14.5. The van der Waals surface area contributed by atoms with Crippen molar-refractivity contribution in [3.8, 4) is 0 Å². The van der Waals surface area contributed by atoms with Gasteiger partial charge in [-0.2, -0.15) is 15.3 Å². The normalized spacial score (nSPS) is 15.4. The van der Waals surface area contributed by atoms with E-state index in [0.717, 1.165) is 18.8 Å². The SMILES string of the molecule is CC(C)n1nccc1C(=O)N1CCN(c2ccnnc2)CC1. The first-order valence-electron chi connectivity index (χ1n) is 7.51. The van der Waals surface area contributed by atoms with Gasteiger partial charge in [-0.15, -0.1) is 0 Å². The molecule has 1 fully saturated rings. The minimum atomic E-state index is 0.0544. The van der Waals surface area contributed by atoms with Crippen LogP contribution < -0.4 is 4.90 Å². The maximum absolute atomic E-state index is 12.7. The van der Waals surface area contributed by atoms with E-state index in [1.54, 1.807) is 29.3 Å². The summed E-state index contributed by atoms with van der Waals surface area (Å²) in [4.78, 5) is 16.8. The summed E-state index contributed by atoms with van der Waals surface area (Å²) in [6.45, 7) is 7.05. The predicted octanol–water partition coefficient (Wildman–Crippen LogP) is 1.22. The van der Waals surface area contributed by atoms with Crippen molar-refractivity contribution in [2.75, 3.05) is 31.1 Å². The summed E-state index contributed by atoms with van der Waals surface area (Å²) in [5.74, 6) is 0.0544. The molecule has 0 unspecified atom stereocenters. The summed E-state index contributed by atoms with van der Waals surface area (Å²) in [6.07, 6.45) is 5.13. The molecule has 2 aromatic heterocycles. The standard InChI is InChI=1S/C15H20N6O/c1-12(2)21-14(4-6-18-21)15(22)20-9-7-19(8-10-20)13-3-5-16-17-11-13/h3-6,11-12H,7-10H2,1-2H3. The zero-order valence-electron chi connectivity index (χ0n) is 12.9. The van der Waals surface area contributed by atoms with Crippen molar-refractivity contribution in [1.29, 1.82) is 0 Å². The van der Waals surface area contributed by atoms with Crippen molar-refractivity contribution in [2.45, 2.75) is 19.9 Å². The molecular formula is C15H20N6O. The zero-order valence-corrected chi connectivity index (χ0v) is 12.9. The zero-order chi connectivity index (χ0) is 15.5. The quantitative estimate of drug-likeness (QED) is 0.852. The third-order valence-corrected chi connectivity index (χ3v) is 3.88. The van der Waals surface area contributed by atoms with Crippen LogP contribution in [-0.4, -0.2) is 57.0 Å². The Hall–Kier alpha value is -2.44. The summed E-state index contributed by atoms with van der Waals surface area (Å²) < 4.78 is 1.78. The van der Waals surface area contributed by atoms with E-state index in [4.69, 9.17) is 0 Å². The van der Waals surface area contributed by atoms with E-state index in [1.807, 2.05) is 24.8 Å². The van der Waals surface area contributed by atoms with Crippen molar-refractivity contribution in [3.05, 3.63) is 36.4 Å². The Bertz CT molecular complexity index is 630. The first-order valence-corrected chi connectivity index (χ1v) is 7.51. The molecule has 1 aliphatic heterocycles. The largest absolute Gasteiger partial charge is 0.367 e. The van der Waals surface area contributed by atoms with Gasteiger partial charge in [0.25, 0.3) is 5.91 Å². The first-order chi connectivity index (χ1) is 10.7.